The highest BCUT2D eigenvalue weighted by Gasteiger charge is 2.19. The van der Waals surface area contributed by atoms with Crippen LogP contribution in [0.3, 0.4) is 0 Å². The van der Waals surface area contributed by atoms with E-state index in [-0.39, 0.29) is 12.5 Å². The maximum atomic E-state index is 9.34. The third-order valence-electron chi connectivity index (χ3n) is 2.97. The first-order valence-corrected chi connectivity index (χ1v) is 7.00. The van der Waals surface area contributed by atoms with E-state index in [1.54, 1.807) is 11.3 Å². The van der Waals surface area contributed by atoms with Crippen LogP contribution in [0.1, 0.15) is 30.1 Å². The number of thiophene rings is 1. The number of nitrogens with one attached hydrogen (secondary N) is 1. The van der Waals surface area contributed by atoms with E-state index in [0.29, 0.717) is 6.04 Å². The van der Waals surface area contributed by atoms with Crippen molar-refractivity contribution in [3.05, 3.63) is 20.8 Å². The quantitative estimate of drug-likeness (QED) is 0.874. The Morgan fingerprint density at radius 3 is 2.80 bits per heavy atom. The van der Waals surface area contributed by atoms with Crippen molar-refractivity contribution >= 4 is 27.3 Å². The molecule has 84 valence electrons. The number of hydrogen-bond donors (Lipinski definition) is 2. The van der Waals surface area contributed by atoms with Crippen molar-refractivity contribution in [2.45, 2.75) is 31.2 Å². The highest BCUT2D eigenvalue weighted by atomic mass is 79.9. The normalized spacial score (nSPS) is 18.8. The Balaban J connectivity index is 1.85. The SMILES string of the molecule is OCC(CNC1CCC1)c1ccc(Br)s1. The van der Waals surface area contributed by atoms with Crippen LogP contribution in [0, 0.1) is 0 Å². The fourth-order valence-corrected chi connectivity index (χ4v) is 3.24. The average Bonchev–Trinajstić information content (AvgIpc) is 2.56. The Morgan fingerprint density at radius 1 is 1.53 bits per heavy atom. The minimum atomic E-state index is 0.229. The van der Waals surface area contributed by atoms with E-state index in [1.165, 1.54) is 24.1 Å². The van der Waals surface area contributed by atoms with Gasteiger partial charge in [-0.3, -0.25) is 0 Å². The van der Waals surface area contributed by atoms with E-state index in [4.69, 9.17) is 0 Å². The zero-order valence-electron chi connectivity index (χ0n) is 8.58. The molecule has 0 aliphatic heterocycles. The summed E-state index contributed by atoms with van der Waals surface area (Å²) in [5.41, 5.74) is 0. The van der Waals surface area contributed by atoms with Crippen molar-refractivity contribution in [1.82, 2.24) is 5.32 Å². The van der Waals surface area contributed by atoms with Gasteiger partial charge in [-0.25, -0.2) is 0 Å². The van der Waals surface area contributed by atoms with Crippen molar-refractivity contribution in [1.29, 1.82) is 0 Å². The standard InChI is InChI=1S/C11H16BrNOS/c12-11-5-4-10(15-11)8(7-14)6-13-9-2-1-3-9/h4-5,8-9,13-14H,1-3,6-7H2. The molecule has 2 N–H and O–H groups in total. The molecule has 1 aliphatic rings. The summed E-state index contributed by atoms with van der Waals surface area (Å²) < 4.78 is 1.14. The summed E-state index contributed by atoms with van der Waals surface area (Å²) in [6.45, 7) is 1.13. The van der Waals surface area contributed by atoms with Crippen LogP contribution >= 0.6 is 27.3 Å². The average molecular weight is 290 g/mol. The second-order valence-electron chi connectivity index (χ2n) is 4.06. The first-order chi connectivity index (χ1) is 7.29. The van der Waals surface area contributed by atoms with Gasteiger partial charge in [0.1, 0.15) is 0 Å². The van der Waals surface area contributed by atoms with Gasteiger partial charge in [0.15, 0.2) is 0 Å². The smallest absolute Gasteiger partial charge is 0.0701 e. The molecule has 0 saturated heterocycles. The molecule has 1 saturated carbocycles. The fraction of sp³-hybridized carbons (Fsp3) is 0.636. The van der Waals surface area contributed by atoms with E-state index in [9.17, 15) is 5.11 Å². The van der Waals surface area contributed by atoms with Crippen LogP contribution in [0.15, 0.2) is 15.9 Å². The molecule has 0 aromatic carbocycles. The van der Waals surface area contributed by atoms with Crippen molar-refractivity contribution < 1.29 is 5.11 Å². The Labute approximate surface area is 103 Å². The summed E-state index contributed by atoms with van der Waals surface area (Å²) in [5.74, 6) is 0.252. The molecule has 0 radical (unpaired) electrons. The Bertz CT molecular complexity index is 311. The molecule has 2 rings (SSSR count). The Morgan fingerprint density at radius 2 is 2.33 bits per heavy atom. The lowest BCUT2D eigenvalue weighted by atomic mass is 9.92. The number of halogens is 1. The summed E-state index contributed by atoms with van der Waals surface area (Å²) in [5, 5.41) is 12.9. The highest BCUT2D eigenvalue weighted by Crippen LogP contribution is 2.28. The van der Waals surface area contributed by atoms with Crippen molar-refractivity contribution in [3.63, 3.8) is 0 Å². The molecule has 0 amide bonds. The van der Waals surface area contributed by atoms with Gasteiger partial charge < -0.3 is 10.4 Å². The lowest BCUT2D eigenvalue weighted by Gasteiger charge is -2.28. The van der Waals surface area contributed by atoms with E-state index < -0.39 is 0 Å². The second kappa shape index (κ2) is 5.43. The highest BCUT2D eigenvalue weighted by molar-refractivity contribution is 9.11. The topological polar surface area (TPSA) is 32.3 Å². The first-order valence-electron chi connectivity index (χ1n) is 5.39. The molecule has 1 unspecified atom stereocenters. The van der Waals surface area contributed by atoms with Crippen LogP contribution in [-0.4, -0.2) is 24.3 Å². The first kappa shape index (κ1) is 11.6. The minimum Gasteiger partial charge on any atom is -0.396 e. The monoisotopic (exact) mass is 289 g/mol. The van der Waals surface area contributed by atoms with Crippen LogP contribution in [0.5, 0.6) is 0 Å². The Kier molecular flexibility index (Phi) is 4.20. The van der Waals surface area contributed by atoms with E-state index >= 15 is 0 Å². The van der Waals surface area contributed by atoms with E-state index in [0.717, 1.165) is 10.3 Å². The molecular formula is C11H16BrNOS. The molecule has 0 spiro atoms. The van der Waals surface area contributed by atoms with Crippen molar-refractivity contribution in [2.75, 3.05) is 13.2 Å². The molecule has 1 atom stereocenters. The molecule has 1 fully saturated rings. The largest absolute Gasteiger partial charge is 0.396 e. The molecule has 1 aliphatic carbocycles. The van der Waals surface area contributed by atoms with E-state index in [1.807, 2.05) is 6.07 Å². The number of aliphatic hydroxyl groups is 1. The zero-order valence-corrected chi connectivity index (χ0v) is 11.0. The molecule has 1 aromatic rings. The Hall–Kier alpha value is 0.1000. The molecule has 2 nitrogen and oxygen atoms in total. The number of rotatable bonds is 5. The fourth-order valence-electron chi connectivity index (χ4n) is 1.72. The van der Waals surface area contributed by atoms with Gasteiger partial charge in [0.25, 0.3) is 0 Å². The van der Waals surface area contributed by atoms with Crippen LogP contribution < -0.4 is 5.32 Å². The maximum Gasteiger partial charge on any atom is 0.0701 e. The van der Waals surface area contributed by atoms with Gasteiger partial charge in [-0.1, -0.05) is 6.42 Å². The predicted molar refractivity (Wildman–Crippen MR) is 67.5 cm³/mol. The third-order valence-corrected chi connectivity index (χ3v) is 4.76. The molecule has 4 heteroatoms. The lowest BCUT2D eigenvalue weighted by molar-refractivity contribution is 0.249. The van der Waals surface area contributed by atoms with Crippen molar-refractivity contribution in [2.24, 2.45) is 0 Å². The molecule has 0 bridgehead atoms. The predicted octanol–water partition coefficient (Wildman–Crippen LogP) is 2.73. The number of aliphatic hydroxyl groups excluding tert-OH is 1. The number of hydrogen-bond acceptors (Lipinski definition) is 3. The molecular weight excluding hydrogens is 274 g/mol. The van der Waals surface area contributed by atoms with Gasteiger partial charge >= 0.3 is 0 Å². The van der Waals surface area contributed by atoms with Gasteiger partial charge in [-0.2, -0.15) is 0 Å². The minimum absolute atomic E-state index is 0.229. The van der Waals surface area contributed by atoms with Crippen molar-refractivity contribution in [3.8, 4) is 0 Å². The molecule has 15 heavy (non-hydrogen) atoms. The lowest BCUT2D eigenvalue weighted by Crippen LogP contribution is -2.38. The maximum absolute atomic E-state index is 9.34. The zero-order chi connectivity index (χ0) is 10.7. The van der Waals surface area contributed by atoms with Gasteiger partial charge in [-0.15, -0.1) is 11.3 Å². The van der Waals surface area contributed by atoms with Crippen LogP contribution in [0.25, 0.3) is 0 Å². The molecule has 1 heterocycles. The van der Waals surface area contributed by atoms with Gasteiger partial charge in [0.2, 0.25) is 0 Å². The van der Waals surface area contributed by atoms with Gasteiger partial charge in [0, 0.05) is 23.4 Å². The van der Waals surface area contributed by atoms with Crippen LogP contribution in [0.2, 0.25) is 0 Å². The summed E-state index contributed by atoms with van der Waals surface area (Å²) in [4.78, 5) is 1.26. The summed E-state index contributed by atoms with van der Waals surface area (Å²) >= 11 is 5.17. The summed E-state index contributed by atoms with van der Waals surface area (Å²) in [7, 11) is 0. The van der Waals surface area contributed by atoms with Crippen LogP contribution in [0.4, 0.5) is 0 Å². The molecule has 1 aromatic heterocycles. The third kappa shape index (κ3) is 3.03. The second-order valence-corrected chi connectivity index (χ2v) is 6.55. The van der Waals surface area contributed by atoms with Crippen LogP contribution in [-0.2, 0) is 0 Å². The van der Waals surface area contributed by atoms with Gasteiger partial charge in [0.05, 0.1) is 10.4 Å². The summed E-state index contributed by atoms with van der Waals surface area (Å²) in [6.07, 6.45) is 3.95. The van der Waals surface area contributed by atoms with Gasteiger partial charge in [-0.05, 0) is 40.9 Å². The van der Waals surface area contributed by atoms with E-state index in [2.05, 4.69) is 27.3 Å². The summed E-state index contributed by atoms with van der Waals surface area (Å²) in [6, 6.07) is 4.84.